The molecule has 0 saturated carbocycles. The highest BCUT2D eigenvalue weighted by Crippen LogP contribution is 2.26. The lowest BCUT2D eigenvalue weighted by Gasteiger charge is -2.23. The number of carbonyl (C=O) groups is 1. The van der Waals surface area contributed by atoms with E-state index in [9.17, 15) is 18.0 Å². The monoisotopic (exact) mass is 448 g/mol. The Morgan fingerprint density at radius 1 is 1.30 bits per heavy atom. The van der Waals surface area contributed by atoms with E-state index in [4.69, 9.17) is 11.6 Å². The summed E-state index contributed by atoms with van der Waals surface area (Å²) in [6, 6.07) is 4.90. The second kappa shape index (κ2) is 7.88. The molecule has 158 valence electrons. The molecule has 3 heterocycles. The summed E-state index contributed by atoms with van der Waals surface area (Å²) < 4.78 is 26.4. The first-order chi connectivity index (χ1) is 14.3. The van der Waals surface area contributed by atoms with Gasteiger partial charge in [-0.15, -0.1) is 0 Å². The predicted octanol–water partition coefficient (Wildman–Crippen LogP) is 2.14. The van der Waals surface area contributed by atoms with Crippen LogP contribution in [0.5, 0.6) is 0 Å². The van der Waals surface area contributed by atoms with Gasteiger partial charge >= 0.3 is 0 Å². The van der Waals surface area contributed by atoms with Gasteiger partial charge in [-0.2, -0.15) is 0 Å². The zero-order valence-electron chi connectivity index (χ0n) is 16.3. The number of rotatable bonds is 4. The Labute approximate surface area is 178 Å². The molecule has 1 aliphatic rings. The fourth-order valence-corrected chi connectivity index (χ4v) is 5.42. The third-order valence-corrected chi connectivity index (χ3v) is 7.42. The van der Waals surface area contributed by atoms with Crippen LogP contribution in [-0.2, 0) is 16.4 Å². The summed E-state index contributed by atoms with van der Waals surface area (Å²) in [5, 5.41) is 3.15. The summed E-state index contributed by atoms with van der Waals surface area (Å²) in [7, 11) is -2.99. The molecule has 1 aromatic carbocycles. The van der Waals surface area contributed by atoms with Crippen LogP contribution in [0.25, 0.3) is 16.8 Å². The highest BCUT2D eigenvalue weighted by Gasteiger charge is 2.25. The maximum atomic E-state index is 12.7. The number of aryl methyl sites for hydroxylation is 1. The van der Waals surface area contributed by atoms with Crippen molar-refractivity contribution in [2.45, 2.75) is 32.4 Å². The molecule has 1 aliphatic heterocycles. The van der Waals surface area contributed by atoms with Gasteiger partial charge in [0.25, 0.3) is 11.5 Å². The SMILES string of the molecule is CCn1cc(-c2ccc(C(=O)NC3CCS(=O)(=O)CC3)c(Cl)c2)n2cncc2c1=O. The van der Waals surface area contributed by atoms with Crippen LogP contribution < -0.4 is 10.9 Å². The zero-order chi connectivity index (χ0) is 21.5. The van der Waals surface area contributed by atoms with Gasteiger partial charge < -0.3 is 9.88 Å². The quantitative estimate of drug-likeness (QED) is 0.658. The molecule has 0 aliphatic carbocycles. The summed E-state index contributed by atoms with van der Waals surface area (Å²) >= 11 is 6.42. The van der Waals surface area contributed by atoms with E-state index in [-0.39, 0.29) is 34.0 Å². The van der Waals surface area contributed by atoms with Crippen molar-refractivity contribution in [1.29, 1.82) is 0 Å². The van der Waals surface area contributed by atoms with Gasteiger partial charge in [-0.1, -0.05) is 17.7 Å². The molecular formula is C20H21ClN4O4S. The lowest BCUT2D eigenvalue weighted by Crippen LogP contribution is -2.40. The van der Waals surface area contributed by atoms with Crippen LogP contribution in [0.15, 0.2) is 41.7 Å². The first kappa shape index (κ1) is 20.6. The van der Waals surface area contributed by atoms with Gasteiger partial charge in [0, 0.05) is 24.3 Å². The maximum Gasteiger partial charge on any atom is 0.276 e. The van der Waals surface area contributed by atoms with Gasteiger partial charge in [-0.3, -0.25) is 14.0 Å². The number of sulfone groups is 1. The number of benzene rings is 1. The van der Waals surface area contributed by atoms with E-state index in [1.54, 1.807) is 39.7 Å². The van der Waals surface area contributed by atoms with Crippen molar-refractivity contribution in [2.75, 3.05) is 11.5 Å². The third-order valence-electron chi connectivity index (χ3n) is 5.40. The first-order valence-corrected chi connectivity index (χ1v) is 11.9. The first-order valence-electron chi connectivity index (χ1n) is 9.66. The summed E-state index contributed by atoms with van der Waals surface area (Å²) in [6.45, 7) is 2.40. The molecule has 3 aromatic rings. The van der Waals surface area contributed by atoms with E-state index in [0.29, 0.717) is 30.5 Å². The normalized spacial score (nSPS) is 16.6. The number of hydrogen-bond donors (Lipinski definition) is 1. The third kappa shape index (κ3) is 3.87. The number of amides is 1. The van der Waals surface area contributed by atoms with Crippen LogP contribution in [0, 0.1) is 0 Å². The molecule has 1 fully saturated rings. The van der Waals surface area contributed by atoms with E-state index in [1.165, 1.54) is 6.20 Å². The fraction of sp³-hybridized carbons (Fsp3) is 0.350. The summed E-state index contributed by atoms with van der Waals surface area (Å²) in [5.41, 5.74) is 2.12. The van der Waals surface area contributed by atoms with Crippen LogP contribution in [0.3, 0.4) is 0 Å². The number of carbonyl (C=O) groups excluding carboxylic acids is 1. The van der Waals surface area contributed by atoms with Crippen molar-refractivity contribution in [3.05, 3.63) is 57.9 Å². The minimum atomic E-state index is -2.99. The molecule has 30 heavy (non-hydrogen) atoms. The van der Waals surface area contributed by atoms with Gasteiger partial charge in [0.05, 0.1) is 40.3 Å². The van der Waals surface area contributed by atoms with E-state index in [2.05, 4.69) is 10.3 Å². The lowest BCUT2D eigenvalue weighted by atomic mass is 10.1. The maximum absolute atomic E-state index is 12.7. The Morgan fingerprint density at radius 2 is 2.03 bits per heavy atom. The van der Waals surface area contributed by atoms with Crippen LogP contribution in [0.4, 0.5) is 0 Å². The minimum absolute atomic E-state index is 0.0820. The van der Waals surface area contributed by atoms with Crippen molar-refractivity contribution in [3.63, 3.8) is 0 Å². The molecule has 2 aromatic heterocycles. The Morgan fingerprint density at radius 3 is 2.70 bits per heavy atom. The minimum Gasteiger partial charge on any atom is -0.349 e. The van der Waals surface area contributed by atoms with Gasteiger partial charge in [0.1, 0.15) is 15.4 Å². The number of fused-ring (bicyclic) bond motifs is 1. The van der Waals surface area contributed by atoms with E-state index in [1.807, 2.05) is 6.92 Å². The van der Waals surface area contributed by atoms with Gasteiger partial charge in [0.2, 0.25) is 0 Å². The van der Waals surface area contributed by atoms with Crippen LogP contribution >= 0.6 is 11.6 Å². The molecule has 1 amide bonds. The number of imidazole rings is 1. The molecule has 0 unspecified atom stereocenters. The Kier molecular flexibility index (Phi) is 5.42. The standard InChI is InChI=1S/C20H21ClN4O4S/c1-2-24-11-18(25-12-22-10-17(25)20(24)27)13-3-4-15(16(21)9-13)19(26)23-14-5-7-30(28,29)8-6-14/h3-4,9-12,14H,2,5-8H2,1H3,(H,23,26). The van der Waals surface area contributed by atoms with Crippen molar-refractivity contribution < 1.29 is 13.2 Å². The summed E-state index contributed by atoms with van der Waals surface area (Å²) in [6.07, 6.45) is 5.64. The predicted molar refractivity (Wildman–Crippen MR) is 115 cm³/mol. The molecule has 0 bridgehead atoms. The smallest absolute Gasteiger partial charge is 0.276 e. The zero-order valence-corrected chi connectivity index (χ0v) is 17.9. The van der Waals surface area contributed by atoms with E-state index in [0.717, 1.165) is 11.3 Å². The molecule has 0 atom stereocenters. The average Bonchev–Trinajstić information content (AvgIpc) is 3.20. The molecule has 1 N–H and O–H groups in total. The number of nitrogens with one attached hydrogen (secondary N) is 1. The number of hydrogen-bond acceptors (Lipinski definition) is 5. The second-order valence-electron chi connectivity index (χ2n) is 7.35. The number of aromatic nitrogens is 3. The van der Waals surface area contributed by atoms with Crippen LogP contribution in [0.2, 0.25) is 5.02 Å². The molecule has 1 saturated heterocycles. The molecule has 4 rings (SSSR count). The Balaban J connectivity index is 1.62. The van der Waals surface area contributed by atoms with E-state index >= 15 is 0 Å². The Bertz CT molecular complexity index is 1280. The second-order valence-corrected chi connectivity index (χ2v) is 10.1. The van der Waals surface area contributed by atoms with Gasteiger partial charge in [0.15, 0.2) is 0 Å². The summed E-state index contributed by atoms with van der Waals surface area (Å²) in [4.78, 5) is 29.2. The molecular weight excluding hydrogens is 428 g/mol. The number of halogens is 1. The molecule has 10 heteroatoms. The number of nitrogens with zero attached hydrogens (tertiary/aromatic N) is 3. The highest BCUT2D eigenvalue weighted by atomic mass is 35.5. The van der Waals surface area contributed by atoms with E-state index < -0.39 is 9.84 Å². The van der Waals surface area contributed by atoms with Crippen molar-refractivity contribution >= 4 is 32.9 Å². The topological polar surface area (TPSA) is 103 Å². The molecule has 0 radical (unpaired) electrons. The van der Waals surface area contributed by atoms with Crippen LogP contribution in [0.1, 0.15) is 30.1 Å². The molecule has 0 spiro atoms. The van der Waals surface area contributed by atoms with Crippen molar-refractivity contribution in [3.8, 4) is 11.3 Å². The van der Waals surface area contributed by atoms with Crippen molar-refractivity contribution in [1.82, 2.24) is 19.3 Å². The van der Waals surface area contributed by atoms with Crippen molar-refractivity contribution in [2.24, 2.45) is 0 Å². The van der Waals surface area contributed by atoms with Crippen LogP contribution in [-0.4, -0.2) is 45.8 Å². The molecule has 8 nitrogen and oxygen atoms in total. The average molecular weight is 449 g/mol. The Hall–Kier alpha value is -2.65. The van der Waals surface area contributed by atoms with Gasteiger partial charge in [-0.25, -0.2) is 13.4 Å². The largest absolute Gasteiger partial charge is 0.349 e. The highest BCUT2D eigenvalue weighted by molar-refractivity contribution is 7.91. The fourth-order valence-electron chi connectivity index (χ4n) is 3.67. The van der Waals surface area contributed by atoms with Gasteiger partial charge in [-0.05, 0) is 31.9 Å². The summed E-state index contributed by atoms with van der Waals surface area (Å²) in [5.74, 6) is -0.167. The lowest BCUT2D eigenvalue weighted by molar-refractivity contribution is 0.0934.